The average Bonchev–Trinajstić information content (AvgIpc) is 3.20. The highest BCUT2D eigenvalue weighted by Gasteiger charge is 2.22. The Balaban J connectivity index is 1.74. The summed E-state index contributed by atoms with van der Waals surface area (Å²) < 4.78 is 29.5. The molecule has 0 atom stereocenters. The number of hydrogen-bond donors (Lipinski definition) is 1. The predicted octanol–water partition coefficient (Wildman–Crippen LogP) is 2.94. The van der Waals surface area contributed by atoms with Crippen molar-refractivity contribution in [3.05, 3.63) is 50.7 Å². The van der Waals surface area contributed by atoms with Crippen molar-refractivity contribution in [1.29, 1.82) is 0 Å². The molecule has 170 valence electrons. The third-order valence-electron chi connectivity index (χ3n) is 5.28. The van der Waals surface area contributed by atoms with Crippen LogP contribution in [0.1, 0.15) is 32.6 Å². The Morgan fingerprint density at radius 1 is 1.09 bits per heavy atom. The fourth-order valence-electron chi connectivity index (χ4n) is 3.82. The quantitative estimate of drug-likeness (QED) is 0.607. The second-order valence-electron chi connectivity index (χ2n) is 7.73. The predicted molar refractivity (Wildman–Crippen MR) is 119 cm³/mol. The Kier molecular flexibility index (Phi) is 6.35. The van der Waals surface area contributed by atoms with Crippen LogP contribution in [0, 0.1) is 11.6 Å². The van der Waals surface area contributed by atoms with Crippen molar-refractivity contribution >= 4 is 38.4 Å². The van der Waals surface area contributed by atoms with E-state index < -0.39 is 35.3 Å². The highest BCUT2D eigenvalue weighted by molar-refractivity contribution is 7.22. The Morgan fingerprint density at radius 3 is 2.44 bits per heavy atom. The van der Waals surface area contributed by atoms with Crippen LogP contribution in [-0.4, -0.2) is 33.1 Å². The van der Waals surface area contributed by atoms with Crippen molar-refractivity contribution < 1.29 is 13.6 Å². The zero-order valence-electron chi connectivity index (χ0n) is 17.6. The van der Waals surface area contributed by atoms with Crippen molar-refractivity contribution in [3.8, 4) is 0 Å². The van der Waals surface area contributed by atoms with E-state index in [4.69, 9.17) is 0 Å². The molecule has 1 amide bonds. The van der Waals surface area contributed by atoms with E-state index >= 15 is 0 Å². The van der Waals surface area contributed by atoms with E-state index in [1.165, 1.54) is 11.3 Å². The van der Waals surface area contributed by atoms with E-state index in [1.807, 2.05) is 6.92 Å². The SMILES string of the molecule is CCCn1c(=O)c2sc(N3CCCCC3)nc2n(CC(=O)Nc2cc(F)cc(F)c2)c1=O. The maximum absolute atomic E-state index is 13.4. The minimum Gasteiger partial charge on any atom is -0.348 e. The first-order valence-corrected chi connectivity index (χ1v) is 11.3. The lowest BCUT2D eigenvalue weighted by Gasteiger charge is -2.25. The fourth-order valence-corrected chi connectivity index (χ4v) is 4.89. The summed E-state index contributed by atoms with van der Waals surface area (Å²) in [5.74, 6) is -2.32. The number of nitrogens with one attached hydrogen (secondary N) is 1. The third-order valence-corrected chi connectivity index (χ3v) is 6.37. The van der Waals surface area contributed by atoms with E-state index in [0.29, 0.717) is 22.3 Å². The van der Waals surface area contributed by atoms with Crippen LogP contribution in [0.25, 0.3) is 10.3 Å². The monoisotopic (exact) mass is 463 g/mol. The number of fused-ring (bicyclic) bond motifs is 1. The van der Waals surface area contributed by atoms with Crippen molar-refractivity contribution in [2.24, 2.45) is 0 Å². The zero-order valence-corrected chi connectivity index (χ0v) is 18.4. The molecule has 11 heteroatoms. The molecule has 0 saturated carbocycles. The van der Waals surface area contributed by atoms with Gasteiger partial charge in [-0.3, -0.25) is 18.7 Å². The number of rotatable bonds is 6. The number of nitrogens with zero attached hydrogens (tertiary/aromatic N) is 4. The van der Waals surface area contributed by atoms with Gasteiger partial charge in [-0.1, -0.05) is 18.3 Å². The molecule has 1 saturated heterocycles. The Hall–Kier alpha value is -3.08. The van der Waals surface area contributed by atoms with E-state index in [1.54, 1.807) is 0 Å². The Labute approximate surface area is 186 Å². The first-order chi connectivity index (χ1) is 15.4. The molecule has 3 heterocycles. The van der Waals surface area contributed by atoms with Crippen LogP contribution >= 0.6 is 11.3 Å². The number of halogens is 2. The van der Waals surface area contributed by atoms with Gasteiger partial charge < -0.3 is 10.2 Å². The number of aromatic nitrogens is 3. The van der Waals surface area contributed by atoms with Gasteiger partial charge in [-0.15, -0.1) is 0 Å². The highest BCUT2D eigenvalue weighted by Crippen LogP contribution is 2.28. The van der Waals surface area contributed by atoms with Gasteiger partial charge in [0.1, 0.15) is 22.9 Å². The number of carbonyl (C=O) groups is 1. The van der Waals surface area contributed by atoms with Crippen molar-refractivity contribution in [2.45, 2.75) is 45.7 Å². The first kappa shape index (κ1) is 22.1. The second-order valence-corrected chi connectivity index (χ2v) is 8.71. The molecule has 1 aliphatic heterocycles. The van der Waals surface area contributed by atoms with Crippen LogP contribution in [0.2, 0.25) is 0 Å². The summed E-state index contributed by atoms with van der Waals surface area (Å²) in [6, 6.07) is 2.66. The topological polar surface area (TPSA) is 89.2 Å². The fraction of sp³-hybridized carbons (Fsp3) is 0.429. The number of anilines is 2. The molecule has 1 N–H and O–H groups in total. The molecule has 4 rings (SSSR count). The Morgan fingerprint density at radius 2 is 1.78 bits per heavy atom. The van der Waals surface area contributed by atoms with Crippen LogP contribution < -0.4 is 21.5 Å². The molecule has 0 bridgehead atoms. The molecule has 0 radical (unpaired) electrons. The molecule has 2 aromatic heterocycles. The number of thiazole rings is 1. The molecule has 0 spiro atoms. The molecular weight excluding hydrogens is 440 g/mol. The summed E-state index contributed by atoms with van der Waals surface area (Å²) in [6.45, 7) is 3.25. The van der Waals surface area contributed by atoms with Gasteiger partial charge in [0.25, 0.3) is 5.56 Å². The molecule has 8 nitrogen and oxygen atoms in total. The van der Waals surface area contributed by atoms with Gasteiger partial charge in [-0.2, -0.15) is 0 Å². The number of hydrogen-bond acceptors (Lipinski definition) is 6. The second kappa shape index (κ2) is 9.19. The van der Waals surface area contributed by atoms with E-state index in [-0.39, 0.29) is 17.9 Å². The number of benzene rings is 1. The van der Waals surface area contributed by atoms with Gasteiger partial charge in [0.2, 0.25) is 5.91 Å². The zero-order chi connectivity index (χ0) is 22.8. The Bertz CT molecular complexity index is 1260. The molecule has 0 unspecified atom stereocenters. The van der Waals surface area contributed by atoms with Gasteiger partial charge in [0, 0.05) is 31.4 Å². The maximum atomic E-state index is 13.4. The molecule has 1 aromatic carbocycles. The minimum absolute atomic E-state index is 0.0639. The molecule has 3 aromatic rings. The van der Waals surface area contributed by atoms with Crippen molar-refractivity contribution in [3.63, 3.8) is 0 Å². The van der Waals surface area contributed by atoms with Crippen LogP contribution in [0.5, 0.6) is 0 Å². The van der Waals surface area contributed by atoms with Crippen molar-refractivity contribution in [2.75, 3.05) is 23.3 Å². The summed E-state index contributed by atoms with van der Waals surface area (Å²) in [7, 11) is 0. The lowest BCUT2D eigenvalue weighted by atomic mass is 10.1. The molecule has 32 heavy (non-hydrogen) atoms. The standard InChI is InChI=1S/C21H23F2N5O3S/c1-2-6-27-19(30)17-18(25-20(32-17)26-7-4-3-5-8-26)28(21(27)31)12-16(29)24-15-10-13(22)9-14(23)11-15/h9-11H,2-8,12H2,1H3,(H,24,29). The average molecular weight is 464 g/mol. The van der Waals surface area contributed by atoms with Gasteiger partial charge in [0.15, 0.2) is 10.8 Å². The lowest BCUT2D eigenvalue weighted by Crippen LogP contribution is -2.41. The largest absolute Gasteiger partial charge is 0.348 e. The lowest BCUT2D eigenvalue weighted by molar-refractivity contribution is -0.116. The summed E-state index contributed by atoms with van der Waals surface area (Å²) in [4.78, 5) is 45.3. The molecular formula is C21H23F2N5O3S. The summed E-state index contributed by atoms with van der Waals surface area (Å²) in [5.41, 5.74) is -0.971. The van der Waals surface area contributed by atoms with Crippen LogP contribution in [0.3, 0.4) is 0 Å². The number of carbonyl (C=O) groups excluding carboxylic acids is 1. The smallest absolute Gasteiger partial charge is 0.333 e. The van der Waals surface area contributed by atoms with Crippen LogP contribution in [0.4, 0.5) is 19.6 Å². The molecule has 1 fully saturated rings. The van der Waals surface area contributed by atoms with Gasteiger partial charge in [0.05, 0.1) is 0 Å². The normalized spacial score (nSPS) is 14.2. The van der Waals surface area contributed by atoms with E-state index in [0.717, 1.165) is 53.6 Å². The highest BCUT2D eigenvalue weighted by atomic mass is 32.1. The van der Waals surface area contributed by atoms with Crippen LogP contribution in [0.15, 0.2) is 27.8 Å². The van der Waals surface area contributed by atoms with Crippen LogP contribution in [-0.2, 0) is 17.9 Å². The number of amides is 1. The number of piperidine rings is 1. The van der Waals surface area contributed by atoms with Gasteiger partial charge >= 0.3 is 5.69 Å². The van der Waals surface area contributed by atoms with E-state index in [2.05, 4.69) is 15.2 Å². The summed E-state index contributed by atoms with van der Waals surface area (Å²) in [5, 5.41) is 3.04. The van der Waals surface area contributed by atoms with Crippen molar-refractivity contribution in [1.82, 2.24) is 14.1 Å². The van der Waals surface area contributed by atoms with Gasteiger partial charge in [-0.05, 0) is 37.8 Å². The maximum Gasteiger partial charge on any atom is 0.333 e. The summed E-state index contributed by atoms with van der Waals surface area (Å²) >= 11 is 1.22. The molecule has 1 aliphatic rings. The third kappa shape index (κ3) is 4.43. The summed E-state index contributed by atoms with van der Waals surface area (Å²) in [6.07, 6.45) is 3.74. The molecule has 0 aliphatic carbocycles. The van der Waals surface area contributed by atoms with E-state index in [9.17, 15) is 23.2 Å². The van der Waals surface area contributed by atoms with Gasteiger partial charge in [-0.25, -0.2) is 18.6 Å². The first-order valence-electron chi connectivity index (χ1n) is 10.5. The minimum atomic E-state index is -0.831.